The highest BCUT2D eigenvalue weighted by Crippen LogP contribution is 2.30. The zero-order chi connectivity index (χ0) is 21.7. The zero-order valence-electron chi connectivity index (χ0n) is 18.0. The summed E-state index contributed by atoms with van der Waals surface area (Å²) in [5.74, 6) is 1.26. The summed E-state index contributed by atoms with van der Waals surface area (Å²) >= 11 is 5.41. The van der Waals surface area contributed by atoms with Crippen LogP contribution < -0.4 is 19.9 Å². The van der Waals surface area contributed by atoms with Gasteiger partial charge in [0.1, 0.15) is 0 Å². The van der Waals surface area contributed by atoms with Crippen LogP contribution in [-0.2, 0) is 11.3 Å². The number of hydrogen-bond acceptors (Lipinski definition) is 5. The van der Waals surface area contributed by atoms with Crippen molar-refractivity contribution < 1.29 is 19.2 Å². The predicted molar refractivity (Wildman–Crippen MR) is 118 cm³/mol. The minimum Gasteiger partial charge on any atom is -0.490 e. The van der Waals surface area contributed by atoms with Crippen molar-refractivity contribution in [2.75, 3.05) is 46.4 Å². The maximum Gasteiger partial charge on any atom is 0.262 e. The lowest BCUT2D eigenvalue weighted by Crippen LogP contribution is -3.12. The summed E-state index contributed by atoms with van der Waals surface area (Å²) in [6.07, 6.45) is 0.974. The first kappa shape index (κ1) is 22.3. The Hall–Kier alpha value is -2.39. The van der Waals surface area contributed by atoms with E-state index in [0.717, 1.165) is 26.2 Å². The molecule has 0 aliphatic carbocycles. The highest BCUT2D eigenvalue weighted by atomic mass is 32.1. The van der Waals surface area contributed by atoms with Gasteiger partial charge in [-0.15, -0.1) is 0 Å². The van der Waals surface area contributed by atoms with Gasteiger partial charge in [-0.1, -0.05) is 0 Å². The number of aromatic amines is 1. The fourth-order valence-corrected chi connectivity index (χ4v) is 3.97. The second kappa shape index (κ2) is 10.1. The fourth-order valence-electron chi connectivity index (χ4n) is 3.68. The normalized spacial score (nSPS) is 14.8. The van der Waals surface area contributed by atoms with Crippen molar-refractivity contribution in [3.05, 3.63) is 27.3 Å². The van der Waals surface area contributed by atoms with Crippen LogP contribution in [0.15, 0.2) is 16.9 Å². The monoisotopic (exact) mass is 435 g/mol. The van der Waals surface area contributed by atoms with Crippen LogP contribution in [0.25, 0.3) is 10.9 Å². The third-order valence-corrected chi connectivity index (χ3v) is 5.71. The number of carbonyl (C=O) groups is 1. The smallest absolute Gasteiger partial charge is 0.262 e. The Balaban J connectivity index is 1.77. The van der Waals surface area contributed by atoms with Crippen LogP contribution in [0.1, 0.15) is 26.7 Å². The molecule has 0 atom stereocenters. The van der Waals surface area contributed by atoms with Crippen molar-refractivity contribution in [3.63, 3.8) is 0 Å². The molecule has 1 aliphatic rings. The van der Waals surface area contributed by atoms with Gasteiger partial charge >= 0.3 is 0 Å². The highest BCUT2D eigenvalue weighted by molar-refractivity contribution is 7.71. The molecular weight excluding hydrogens is 404 g/mol. The predicted octanol–water partition coefficient (Wildman–Crippen LogP) is 0.994. The van der Waals surface area contributed by atoms with Crippen LogP contribution in [0, 0.1) is 4.77 Å². The van der Waals surface area contributed by atoms with Crippen molar-refractivity contribution in [3.8, 4) is 11.5 Å². The number of amides is 1. The largest absolute Gasteiger partial charge is 0.490 e. The molecule has 30 heavy (non-hydrogen) atoms. The van der Waals surface area contributed by atoms with E-state index >= 15 is 0 Å². The number of benzene rings is 1. The molecule has 8 nitrogen and oxygen atoms in total. The Morgan fingerprint density at radius 2 is 1.80 bits per heavy atom. The van der Waals surface area contributed by atoms with Gasteiger partial charge in [0.2, 0.25) is 5.91 Å². The van der Waals surface area contributed by atoms with Gasteiger partial charge in [-0.25, -0.2) is 0 Å². The summed E-state index contributed by atoms with van der Waals surface area (Å²) in [7, 11) is 2.14. The quantitative estimate of drug-likeness (QED) is 0.605. The van der Waals surface area contributed by atoms with E-state index in [9.17, 15) is 9.59 Å². The van der Waals surface area contributed by atoms with E-state index < -0.39 is 0 Å². The summed E-state index contributed by atoms with van der Waals surface area (Å²) in [5, 5.41) is 0.490. The van der Waals surface area contributed by atoms with Gasteiger partial charge in [0, 0.05) is 19.0 Å². The lowest BCUT2D eigenvalue weighted by atomic mass is 10.2. The number of aromatic nitrogens is 2. The summed E-state index contributed by atoms with van der Waals surface area (Å²) in [6, 6.07) is 3.45. The van der Waals surface area contributed by atoms with Gasteiger partial charge in [0.15, 0.2) is 16.3 Å². The number of carbonyl (C=O) groups excluding carboxylic acids is 1. The Morgan fingerprint density at radius 1 is 1.17 bits per heavy atom. The van der Waals surface area contributed by atoms with Gasteiger partial charge in [-0.05, 0) is 38.6 Å². The first-order chi connectivity index (χ1) is 14.4. The standard InChI is InChI=1S/C21H30N4O4S/c1-4-28-17-13-15-16(14-18(17)29-5-2)22-21(30)25(20(15)27)8-6-7-19(26)24-11-9-23(3)10-12-24/h13-14H,4-12H2,1-3H3,(H,22,30)/p+1. The van der Waals surface area contributed by atoms with E-state index in [-0.39, 0.29) is 11.5 Å². The molecule has 164 valence electrons. The molecular formula is C21H31N4O4S+. The maximum absolute atomic E-state index is 13.1. The molecule has 2 heterocycles. The first-order valence-corrected chi connectivity index (χ1v) is 11.0. The summed E-state index contributed by atoms with van der Waals surface area (Å²) in [4.78, 5) is 32.0. The first-order valence-electron chi connectivity index (χ1n) is 10.6. The van der Waals surface area contributed by atoms with Crippen molar-refractivity contribution in [1.29, 1.82) is 0 Å². The summed E-state index contributed by atoms with van der Waals surface area (Å²) in [6.45, 7) is 8.68. The van der Waals surface area contributed by atoms with Crippen LogP contribution in [-0.4, -0.2) is 66.8 Å². The number of quaternary nitrogens is 1. The molecule has 9 heteroatoms. The van der Waals surface area contributed by atoms with Crippen molar-refractivity contribution >= 4 is 29.0 Å². The molecule has 1 aromatic carbocycles. The van der Waals surface area contributed by atoms with Crippen molar-refractivity contribution in [2.24, 2.45) is 0 Å². The number of likely N-dealkylation sites (N-methyl/N-ethyl adjacent to an activating group) is 1. The number of fused-ring (bicyclic) bond motifs is 1. The van der Waals surface area contributed by atoms with Crippen LogP contribution >= 0.6 is 12.2 Å². The number of nitrogens with zero attached hydrogens (tertiary/aromatic N) is 2. The number of hydrogen-bond donors (Lipinski definition) is 2. The molecule has 1 aromatic heterocycles. The highest BCUT2D eigenvalue weighted by Gasteiger charge is 2.21. The average molecular weight is 436 g/mol. The topological polar surface area (TPSA) is 81.0 Å². The molecule has 0 spiro atoms. The Labute approximate surface area is 181 Å². The Bertz CT molecular complexity index is 1010. The van der Waals surface area contributed by atoms with E-state index in [1.54, 1.807) is 12.1 Å². The van der Waals surface area contributed by atoms with Crippen LogP contribution in [0.2, 0.25) is 0 Å². The number of piperazine rings is 1. The molecule has 0 unspecified atom stereocenters. The Morgan fingerprint density at radius 3 is 2.43 bits per heavy atom. The molecule has 1 amide bonds. The number of ether oxygens (including phenoxy) is 2. The number of H-pyrrole nitrogens is 1. The molecule has 3 rings (SSSR count). The minimum absolute atomic E-state index is 0.145. The third kappa shape index (κ3) is 5.02. The number of nitrogens with one attached hydrogen (secondary N) is 2. The lowest BCUT2D eigenvalue weighted by Gasteiger charge is -2.30. The van der Waals surface area contributed by atoms with Gasteiger partial charge in [0.05, 0.1) is 57.3 Å². The molecule has 0 radical (unpaired) electrons. The van der Waals surface area contributed by atoms with Crippen LogP contribution in [0.5, 0.6) is 11.5 Å². The zero-order valence-corrected chi connectivity index (χ0v) is 18.8. The lowest BCUT2D eigenvalue weighted by molar-refractivity contribution is -0.883. The van der Waals surface area contributed by atoms with Gasteiger partial charge < -0.3 is 24.3 Å². The average Bonchev–Trinajstić information content (AvgIpc) is 2.72. The van der Waals surface area contributed by atoms with Gasteiger partial charge in [-0.3, -0.25) is 14.2 Å². The van der Waals surface area contributed by atoms with E-state index in [0.29, 0.717) is 59.8 Å². The summed E-state index contributed by atoms with van der Waals surface area (Å²) < 4.78 is 13.1. The van der Waals surface area contributed by atoms with E-state index in [4.69, 9.17) is 21.7 Å². The van der Waals surface area contributed by atoms with E-state index in [1.165, 1.54) is 9.47 Å². The molecule has 0 saturated carbocycles. The molecule has 2 aromatic rings. The van der Waals surface area contributed by atoms with Gasteiger partial charge in [0.25, 0.3) is 5.56 Å². The molecule has 2 N–H and O–H groups in total. The van der Waals surface area contributed by atoms with Crippen LogP contribution in [0.4, 0.5) is 0 Å². The molecule has 1 fully saturated rings. The minimum atomic E-state index is -0.187. The fraction of sp³-hybridized carbons (Fsp3) is 0.571. The van der Waals surface area contributed by atoms with Gasteiger partial charge in [-0.2, -0.15) is 0 Å². The van der Waals surface area contributed by atoms with Crippen LogP contribution in [0.3, 0.4) is 0 Å². The second-order valence-electron chi connectivity index (χ2n) is 7.54. The third-order valence-electron chi connectivity index (χ3n) is 5.39. The maximum atomic E-state index is 13.1. The summed E-state index contributed by atoms with van der Waals surface area (Å²) in [5.41, 5.74) is 0.428. The molecule has 1 saturated heterocycles. The van der Waals surface area contributed by atoms with E-state index in [2.05, 4.69) is 12.0 Å². The number of rotatable bonds is 8. The van der Waals surface area contributed by atoms with Crippen molar-refractivity contribution in [1.82, 2.24) is 14.5 Å². The second-order valence-corrected chi connectivity index (χ2v) is 7.93. The van der Waals surface area contributed by atoms with Crippen molar-refractivity contribution in [2.45, 2.75) is 33.2 Å². The van der Waals surface area contributed by atoms with E-state index in [1.807, 2.05) is 18.7 Å². The molecule has 0 bridgehead atoms. The SMILES string of the molecule is CCOc1cc2[nH]c(=S)n(CCCC(=O)N3CC[NH+](C)CC3)c(=O)c2cc1OCC. The molecule has 1 aliphatic heterocycles. The Kier molecular flexibility index (Phi) is 7.49.